The highest BCUT2D eigenvalue weighted by atomic mass is 79.9. The van der Waals surface area contributed by atoms with Crippen molar-refractivity contribution in [3.05, 3.63) is 83.6 Å². The van der Waals surface area contributed by atoms with Crippen molar-refractivity contribution in [1.82, 2.24) is 4.90 Å². The number of carbonyl (C=O) groups is 2. The van der Waals surface area contributed by atoms with E-state index in [0.717, 1.165) is 22.2 Å². The van der Waals surface area contributed by atoms with Gasteiger partial charge in [0.15, 0.2) is 23.0 Å². The van der Waals surface area contributed by atoms with Crippen LogP contribution in [0.2, 0.25) is 15.1 Å². The molecule has 2 aliphatic rings. The molecule has 1 saturated heterocycles. The molecule has 2 amide bonds. The van der Waals surface area contributed by atoms with Crippen LogP contribution in [-0.2, 0) is 17.9 Å². The topological polar surface area (TPSA) is 74.3 Å². The number of thioether (sulfide) groups is 1. The lowest BCUT2D eigenvalue weighted by molar-refractivity contribution is -0.123. The number of carbonyl (C=O) groups excluding carboxylic acids is 2. The van der Waals surface area contributed by atoms with Gasteiger partial charge >= 0.3 is 0 Å². The van der Waals surface area contributed by atoms with E-state index in [9.17, 15) is 9.59 Å². The lowest BCUT2D eigenvalue weighted by atomic mass is 10.1. The molecule has 0 aliphatic carbocycles. The van der Waals surface area contributed by atoms with E-state index in [2.05, 4.69) is 15.9 Å². The van der Waals surface area contributed by atoms with Crippen LogP contribution in [0, 0.1) is 0 Å². The molecule has 0 saturated carbocycles. The minimum atomic E-state index is -0.429. The third kappa shape index (κ3) is 5.58. The van der Waals surface area contributed by atoms with E-state index in [1.807, 2.05) is 0 Å². The molecule has 1 fully saturated rings. The second-order valence-electron chi connectivity index (χ2n) is 8.12. The molecule has 7 nitrogen and oxygen atoms in total. The van der Waals surface area contributed by atoms with E-state index in [-0.39, 0.29) is 24.8 Å². The number of methoxy groups -OCH3 is 1. The van der Waals surface area contributed by atoms with Crippen LogP contribution >= 0.6 is 62.5 Å². The first-order chi connectivity index (χ1) is 18.2. The Labute approximate surface area is 245 Å². The van der Waals surface area contributed by atoms with E-state index < -0.39 is 11.1 Å². The highest BCUT2D eigenvalue weighted by molar-refractivity contribution is 9.10. The number of nitrogens with zero attached hydrogens (tertiary/aromatic N) is 1. The van der Waals surface area contributed by atoms with Crippen LogP contribution in [0.25, 0.3) is 6.08 Å². The minimum Gasteiger partial charge on any atom is -0.493 e. The number of fused-ring (bicyclic) bond motifs is 1. The molecule has 3 aromatic carbocycles. The fraction of sp³-hybridized carbons (Fsp3) is 0.154. The van der Waals surface area contributed by atoms with Crippen molar-refractivity contribution < 1.29 is 28.5 Å². The second-order valence-corrected chi connectivity index (χ2v) is 11.2. The predicted molar refractivity (Wildman–Crippen MR) is 151 cm³/mol. The Bertz CT molecular complexity index is 1500. The van der Waals surface area contributed by atoms with Gasteiger partial charge in [-0.05, 0) is 75.2 Å². The molecule has 2 heterocycles. The van der Waals surface area contributed by atoms with Crippen molar-refractivity contribution in [3.63, 3.8) is 0 Å². The lowest BCUT2D eigenvalue weighted by Gasteiger charge is -2.15. The second kappa shape index (κ2) is 11.3. The van der Waals surface area contributed by atoms with Crippen molar-refractivity contribution >= 4 is 79.7 Å². The SMILES string of the molecule is COc1cc(/C=C2\SC(=O)N(Cc3cc4c(cc3Cl)OCO4)C2=O)cc(Br)c1OCc1ccc(Cl)cc1Cl. The number of rotatable bonds is 7. The van der Waals surface area contributed by atoms with Crippen LogP contribution < -0.4 is 18.9 Å². The van der Waals surface area contributed by atoms with Crippen LogP contribution in [0.3, 0.4) is 0 Å². The Morgan fingerprint density at radius 1 is 1.03 bits per heavy atom. The van der Waals surface area contributed by atoms with E-state index in [1.54, 1.807) is 48.5 Å². The van der Waals surface area contributed by atoms with Gasteiger partial charge in [-0.25, -0.2) is 0 Å². The fourth-order valence-corrected chi connectivity index (χ4v) is 5.88. The number of benzene rings is 3. The number of hydrogen-bond donors (Lipinski definition) is 0. The van der Waals surface area contributed by atoms with Gasteiger partial charge in [0.25, 0.3) is 11.1 Å². The van der Waals surface area contributed by atoms with Gasteiger partial charge in [-0.2, -0.15) is 0 Å². The molecule has 3 aromatic rings. The van der Waals surface area contributed by atoms with E-state index >= 15 is 0 Å². The molecule has 0 unspecified atom stereocenters. The van der Waals surface area contributed by atoms with Gasteiger partial charge < -0.3 is 18.9 Å². The molecule has 5 rings (SSSR count). The third-order valence-corrected chi connectivity index (χ3v) is 8.12. The van der Waals surface area contributed by atoms with Crippen molar-refractivity contribution in [2.45, 2.75) is 13.2 Å². The van der Waals surface area contributed by atoms with Crippen LogP contribution in [0.5, 0.6) is 23.0 Å². The molecule has 2 aliphatic heterocycles. The standard InChI is InChI=1S/C26H17BrCl3NO6S/c1-34-22-5-13(4-17(27)24(22)35-11-14-2-3-16(28)8-18(14)29)6-23-25(32)31(26(33)38-23)10-15-7-20-21(9-19(15)30)37-12-36-20/h2-9H,10-12H2,1H3/b23-6-. The maximum Gasteiger partial charge on any atom is 0.293 e. The molecule has 0 spiro atoms. The molecule has 0 aromatic heterocycles. The molecule has 0 atom stereocenters. The Morgan fingerprint density at radius 2 is 1.76 bits per heavy atom. The summed E-state index contributed by atoms with van der Waals surface area (Å²) in [4.78, 5) is 27.2. The van der Waals surface area contributed by atoms with E-state index in [1.165, 1.54) is 7.11 Å². The third-order valence-electron chi connectivity index (χ3n) is 5.68. The Balaban J connectivity index is 1.34. The summed E-state index contributed by atoms with van der Waals surface area (Å²) in [5, 5.41) is 0.995. The summed E-state index contributed by atoms with van der Waals surface area (Å²) in [6.45, 7) is 0.285. The van der Waals surface area contributed by atoms with Gasteiger partial charge in [-0.3, -0.25) is 14.5 Å². The Hall–Kier alpha value is -2.56. The smallest absolute Gasteiger partial charge is 0.293 e. The summed E-state index contributed by atoms with van der Waals surface area (Å²) in [6.07, 6.45) is 1.62. The van der Waals surface area contributed by atoms with Crippen LogP contribution in [-0.4, -0.2) is 29.9 Å². The molecule has 0 N–H and O–H groups in total. The summed E-state index contributed by atoms with van der Waals surface area (Å²) < 4.78 is 22.8. The molecular weight excluding hydrogens is 641 g/mol. The largest absolute Gasteiger partial charge is 0.493 e. The minimum absolute atomic E-state index is 0.00450. The number of amides is 2. The number of ether oxygens (including phenoxy) is 4. The molecular formula is C26H17BrCl3NO6S. The van der Waals surface area contributed by atoms with Gasteiger partial charge in [0.2, 0.25) is 6.79 Å². The van der Waals surface area contributed by atoms with Gasteiger partial charge in [0.05, 0.1) is 23.0 Å². The molecule has 0 bridgehead atoms. The Kier molecular flexibility index (Phi) is 8.02. The van der Waals surface area contributed by atoms with E-state index in [4.69, 9.17) is 53.8 Å². The maximum absolute atomic E-state index is 13.1. The lowest BCUT2D eigenvalue weighted by Crippen LogP contribution is -2.27. The van der Waals surface area contributed by atoms with E-state index in [0.29, 0.717) is 53.7 Å². The Morgan fingerprint density at radius 3 is 2.50 bits per heavy atom. The summed E-state index contributed by atoms with van der Waals surface area (Å²) >= 11 is 22.9. The zero-order valence-electron chi connectivity index (χ0n) is 19.6. The monoisotopic (exact) mass is 655 g/mol. The quantitative estimate of drug-likeness (QED) is 0.239. The molecule has 12 heteroatoms. The van der Waals surface area contributed by atoms with Crippen LogP contribution in [0.4, 0.5) is 4.79 Å². The summed E-state index contributed by atoms with van der Waals surface area (Å²) in [5.41, 5.74) is 1.97. The highest BCUT2D eigenvalue weighted by Crippen LogP contribution is 2.41. The summed E-state index contributed by atoms with van der Waals surface area (Å²) in [6, 6.07) is 11.9. The van der Waals surface area contributed by atoms with Crippen molar-refractivity contribution in [2.24, 2.45) is 0 Å². The van der Waals surface area contributed by atoms with Gasteiger partial charge in [0, 0.05) is 26.7 Å². The zero-order chi connectivity index (χ0) is 27.0. The maximum atomic E-state index is 13.1. The van der Waals surface area contributed by atoms with Gasteiger partial charge in [-0.1, -0.05) is 40.9 Å². The molecule has 0 radical (unpaired) electrons. The molecule has 38 heavy (non-hydrogen) atoms. The number of halogens is 4. The average Bonchev–Trinajstić information content (AvgIpc) is 3.43. The first-order valence-electron chi connectivity index (χ1n) is 11.0. The number of imide groups is 1. The number of hydrogen-bond acceptors (Lipinski definition) is 7. The summed E-state index contributed by atoms with van der Waals surface area (Å²) in [5.74, 6) is 1.50. The first kappa shape index (κ1) is 27.0. The van der Waals surface area contributed by atoms with Crippen molar-refractivity contribution in [1.29, 1.82) is 0 Å². The van der Waals surface area contributed by atoms with Crippen molar-refractivity contribution in [2.75, 3.05) is 13.9 Å². The molecule has 196 valence electrons. The van der Waals surface area contributed by atoms with Gasteiger partial charge in [0.1, 0.15) is 6.61 Å². The highest BCUT2D eigenvalue weighted by Gasteiger charge is 2.36. The normalized spacial score (nSPS) is 15.5. The fourth-order valence-electron chi connectivity index (χ4n) is 3.79. The average molecular weight is 658 g/mol. The first-order valence-corrected chi connectivity index (χ1v) is 13.8. The predicted octanol–water partition coefficient (Wildman–Crippen LogP) is 7.96. The van der Waals surface area contributed by atoms with Crippen molar-refractivity contribution in [3.8, 4) is 23.0 Å². The van der Waals surface area contributed by atoms with Crippen LogP contribution in [0.15, 0.2) is 51.8 Å². The van der Waals surface area contributed by atoms with Crippen LogP contribution in [0.1, 0.15) is 16.7 Å². The van der Waals surface area contributed by atoms with Gasteiger partial charge in [-0.15, -0.1) is 0 Å². The summed E-state index contributed by atoms with van der Waals surface area (Å²) in [7, 11) is 1.51. The zero-order valence-corrected chi connectivity index (χ0v) is 24.2.